The second-order valence-corrected chi connectivity index (χ2v) is 5.68. The smallest absolute Gasteiger partial charge is 0.230 e. The lowest BCUT2D eigenvalue weighted by atomic mass is 10.2. The summed E-state index contributed by atoms with van der Waals surface area (Å²) >= 11 is 1.46. The zero-order valence-corrected chi connectivity index (χ0v) is 11.0. The van der Waals surface area contributed by atoms with E-state index >= 15 is 0 Å². The topological polar surface area (TPSA) is 59.8 Å². The highest BCUT2D eigenvalue weighted by Gasteiger charge is 2.26. The molecule has 17 heavy (non-hydrogen) atoms. The molecule has 6 heteroatoms. The Morgan fingerprint density at radius 3 is 3.06 bits per heavy atom. The van der Waals surface area contributed by atoms with Crippen LogP contribution in [0.25, 0.3) is 0 Å². The summed E-state index contributed by atoms with van der Waals surface area (Å²) in [4.78, 5) is 11.6. The van der Waals surface area contributed by atoms with Crippen LogP contribution in [-0.4, -0.2) is 33.0 Å². The van der Waals surface area contributed by atoms with Gasteiger partial charge in [0.25, 0.3) is 0 Å². The number of nitrogens with one attached hydrogen (secondary N) is 1. The second-order valence-electron chi connectivity index (χ2n) is 4.74. The van der Waals surface area contributed by atoms with Crippen molar-refractivity contribution in [1.29, 1.82) is 0 Å². The van der Waals surface area contributed by atoms with Gasteiger partial charge in [0.1, 0.15) is 6.33 Å². The molecule has 0 unspecified atom stereocenters. The molecule has 1 aromatic rings. The van der Waals surface area contributed by atoms with Gasteiger partial charge < -0.3 is 9.88 Å². The summed E-state index contributed by atoms with van der Waals surface area (Å²) in [6, 6.07) is 0.561. The summed E-state index contributed by atoms with van der Waals surface area (Å²) < 4.78 is 2.07. The Kier molecular flexibility index (Phi) is 4.04. The molecule has 0 saturated heterocycles. The third-order valence-electron chi connectivity index (χ3n) is 2.52. The third-order valence-corrected chi connectivity index (χ3v) is 3.48. The van der Waals surface area contributed by atoms with Crippen molar-refractivity contribution in [3.63, 3.8) is 0 Å². The van der Waals surface area contributed by atoms with Crippen LogP contribution in [0.15, 0.2) is 11.5 Å². The molecule has 1 amide bonds. The number of thioether (sulfide) groups is 1. The fraction of sp³-hybridized carbons (Fsp3) is 0.727. The number of amides is 1. The maximum Gasteiger partial charge on any atom is 0.230 e. The van der Waals surface area contributed by atoms with E-state index in [9.17, 15) is 4.79 Å². The van der Waals surface area contributed by atoms with E-state index in [-0.39, 0.29) is 5.91 Å². The van der Waals surface area contributed by atoms with Crippen LogP contribution >= 0.6 is 11.8 Å². The van der Waals surface area contributed by atoms with Gasteiger partial charge in [0.05, 0.1) is 5.75 Å². The van der Waals surface area contributed by atoms with Gasteiger partial charge in [-0.3, -0.25) is 4.79 Å². The van der Waals surface area contributed by atoms with E-state index in [0.29, 0.717) is 17.7 Å². The van der Waals surface area contributed by atoms with E-state index in [2.05, 4.69) is 33.9 Å². The molecule has 0 radical (unpaired) electrons. The van der Waals surface area contributed by atoms with Crippen LogP contribution in [0.2, 0.25) is 0 Å². The third kappa shape index (κ3) is 3.73. The minimum atomic E-state index is 0.0639. The van der Waals surface area contributed by atoms with Gasteiger partial charge in [-0.15, -0.1) is 10.2 Å². The van der Waals surface area contributed by atoms with Gasteiger partial charge in [0.15, 0.2) is 5.16 Å². The number of carbonyl (C=O) groups excluding carboxylic acids is 1. The van der Waals surface area contributed by atoms with Gasteiger partial charge in [-0.25, -0.2) is 0 Å². The van der Waals surface area contributed by atoms with Gasteiger partial charge >= 0.3 is 0 Å². The summed E-state index contributed by atoms with van der Waals surface area (Å²) in [6.45, 7) is 4.89. The minimum absolute atomic E-state index is 0.0639. The first-order chi connectivity index (χ1) is 8.16. The number of hydrogen-bond acceptors (Lipinski definition) is 4. The van der Waals surface area contributed by atoms with Crippen molar-refractivity contribution in [2.75, 3.05) is 12.3 Å². The molecule has 5 nitrogen and oxygen atoms in total. The highest BCUT2D eigenvalue weighted by Crippen LogP contribution is 2.37. The predicted octanol–water partition coefficient (Wildman–Crippen LogP) is 1.48. The summed E-state index contributed by atoms with van der Waals surface area (Å²) in [5.74, 6) is 0.964. The highest BCUT2D eigenvalue weighted by molar-refractivity contribution is 7.99. The molecule has 0 atom stereocenters. The number of carbonyl (C=O) groups is 1. The summed E-state index contributed by atoms with van der Waals surface area (Å²) in [5, 5.41) is 11.7. The molecule has 1 aromatic heterocycles. The monoisotopic (exact) mass is 254 g/mol. The number of rotatable bonds is 6. The molecule has 1 aliphatic rings. The quantitative estimate of drug-likeness (QED) is 0.781. The van der Waals surface area contributed by atoms with Crippen LogP contribution < -0.4 is 5.32 Å². The Labute approximate surface area is 105 Å². The molecule has 1 fully saturated rings. The van der Waals surface area contributed by atoms with Crippen molar-refractivity contribution in [3.05, 3.63) is 6.33 Å². The Hall–Kier alpha value is -1.04. The van der Waals surface area contributed by atoms with Gasteiger partial charge in [0, 0.05) is 12.6 Å². The molecule has 1 N–H and O–H groups in total. The van der Waals surface area contributed by atoms with Gasteiger partial charge in [-0.1, -0.05) is 25.6 Å². The Balaban J connectivity index is 1.77. The lowest BCUT2D eigenvalue weighted by Gasteiger charge is -2.07. The fourth-order valence-electron chi connectivity index (χ4n) is 1.44. The SMILES string of the molecule is CC(C)CNC(=O)CSc1nncn1C1CC1. The molecule has 94 valence electrons. The summed E-state index contributed by atoms with van der Waals surface area (Å²) in [6.07, 6.45) is 4.16. The average Bonchev–Trinajstić information content (AvgIpc) is 3.03. The van der Waals surface area contributed by atoms with Gasteiger partial charge in [-0.2, -0.15) is 0 Å². The Morgan fingerprint density at radius 2 is 2.41 bits per heavy atom. The molecular formula is C11H18N4OS. The normalized spacial score (nSPS) is 15.2. The van der Waals surface area contributed by atoms with Gasteiger partial charge in [0.2, 0.25) is 5.91 Å². The molecule has 0 bridgehead atoms. The Morgan fingerprint density at radius 1 is 1.65 bits per heavy atom. The fourth-order valence-corrected chi connectivity index (χ4v) is 2.25. The zero-order valence-electron chi connectivity index (χ0n) is 10.2. The summed E-state index contributed by atoms with van der Waals surface area (Å²) in [5.41, 5.74) is 0. The molecule has 0 aliphatic heterocycles. The largest absolute Gasteiger partial charge is 0.355 e. The first kappa shape index (κ1) is 12.4. The first-order valence-electron chi connectivity index (χ1n) is 5.96. The summed E-state index contributed by atoms with van der Waals surface area (Å²) in [7, 11) is 0. The van der Waals surface area contributed by atoms with Crippen molar-refractivity contribution in [2.24, 2.45) is 5.92 Å². The van der Waals surface area contributed by atoms with Crippen LogP contribution in [0.4, 0.5) is 0 Å². The predicted molar refractivity (Wildman–Crippen MR) is 66.9 cm³/mol. The van der Waals surface area contributed by atoms with E-state index in [1.165, 1.54) is 24.6 Å². The van der Waals surface area contributed by atoms with E-state index in [1.54, 1.807) is 6.33 Å². The molecule has 0 spiro atoms. The molecule has 1 aliphatic carbocycles. The van der Waals surface area contributed by atoms with E-state index in [4.69, 9.17) is 0 Å². The van der Waals surface area contributed by atoms with Crippen molar-refractivity contribution < 1.29 is 4.79 Å². The van der Waals surface area contributed by atoms with Crippen LogP contribution in [0, 0.1) is 5.92 Å². The molecule has 0 aromatic carbocycles. The van der Waals surface area contributed by atoms with Crippen LogP contribution in [0.1, 0.15) is 32.7 Å². The van der Waals surface area contributed by atoms with Crippen LogP contribution in [-0.2, 0) is 4.79 Å². The number of nitrogens with zero attached hydrogens (tertiary/aromatic N) is 3. The van der Waals surface area contributed by atoms with Gasteiger partial charge in [-0.05, 0) is 18.8 Å². The number of hydrogen-bond donors (Lipinski definition) is 1. The average molecular weight is 254 g/mol. The molecule has 1 saturated carbocycles. The maximum absolute atomic E-state index is 11.6. The van der Waals surface area contributed by atoms with Crippen molar-refractivity contribution in [3.8, 4) is 0 Å². The van der Waals surface area contributed by atoms with Crippen LogP contribution in [0.3, 0.4) is 0 Å². The minimum Gasteiger partial charge on any atom is -0.355 e. The Bertz CT molecular complexity index is 387. The highest BCUT2D eigenvalue weighted by atomic mass is 32.2. The van der Waals surface area contributed by atoms with Crippen LogP contribution in [0.5, 0.6) is 0 Å². The number of aromatic nitrogens is 3. The van der Waals surface area contributed by atoms with E-state index in [1.807, 2.05) is 0 Å². The van der Waals surface area contributed by atoms with E-state index in [0.717, 1.165) is 11.7 Å². The zero-order chi connectivity index (χ0) is 12.3. The lowest BCUT2D eigenvalue weighted by Crippen LogP contribution is -2.28. The van der Waals surface area contributed by atoms with Crippen molar-refractivity contribution >= 4 is 17.7 Å². The maximum atomic E-state index is 11.6. The molecule has 2 rings (SSSR count). The molecule has 1 heterocycles. The second kappa shape index (κ2) is 5.53. The standard InChI is InChI=1S/C11H18N4OS/c1-8(2)5-12-10(16)6-17-11-14-13-7-15(11)9-3-4-9/h7-9H,3-6H2,1-2H3,(H,12,16). The van der Waals surface area contributed by atoms with Crippen molar-refractivity contribution in [2.45, 2.75) is 37.9 Å². The lowest BCUT2D eigenvalue weighted by molar-refractivity contribution is -0.118. The molecular weight excluding hydrogens is 236 g/mol. The van der Waals surface area contributed by atoms with E-state index < -0.39 is 0 Å². The first-order valence-corrected chi connectivity index (χ1v) is 6.94. The van der Waals surface area contributed by atoms with Crippen molar-refractivity contribution in [1.82, 2.24) is 20.1 Å².